The van der Waals surface area contributed by atoms with E-state index in [1.807, 2.05) is 0 Å². The van der Waals surface area contributed by atoms with Crippen molar-refractivity contribution < 1.29 is 18.7 Å². The third-order valence-electron chi connectivity index (χ3n) is 4.23. The molecule has 1 fully saturated rings. The molecule has 132 valence electrons. The van der Waals surface area contributed by atoms with Gasteiger partial charge >= 0.3 is 0 Å². The first kappa shape index (κ1) is 17.0. The van der Waals surface area contributed by atoms with Gasteiger partial charge in [0.05, 0.1) is 0 Å². The molecule has 0 aliphatic carbocycles. The zero-order valence-electron chi connectivity index (χ0n) is 13.9. The normalized spacial score (nSPS) is 14.8. The van der Waals surface area contributed by atoms with Gasteiger partial charge in [0.15, 0.2) is 5.76 Å². The Morgan fingerprint density at radius 1 is 1.20 bits per heavy atom. The molecular formula is C17H20N4O4. The van der Waals surface area contributed by atoms with E-state index in [9.17, 15) is 9.59 Å². The lowest BCUT2D eigenvalue weighted by Gasteiger charge is -2.34. The quantitative estimate of drug-likeness (QED) is 0.624. The van der Waals surface area contributed by atoms with E-state index in [1.54, 1.807) is 34.1 Å². The number of carbonyl (C=O) groups excluding carboxylic acids is 2. The Kier molecular flexibility index (Phi) is 4.71. The van der Waals surface area contributed by atoms with Crippen LogP contribution in [0.5, 0.6) is 0 Å². The van der Waals surface area contributed by atoms with Gasteiger partial charge in [-0.15, -0.1) is 0 Å². The summed E-state index contributed by atoms with van der Waals surface area (Å²) in [6, 6.07) is 6.76. The molecule has 2 aromatic rings. The smallest absolute Gasteiger partial charge is 0.289 e. The van der Waals surface area contributed by atoms with Gasteiger partial charge in [0.1, 0.15) is 18.0 Å². The van der Waals surface area contributed by atoms with Crippen molar-refractivity contribution in [2.24, 2.45) is 5.73 Å². The Bertz CT molecular complexity index is 821. The lowest BCUT2D eigenvalue weighted by atomic mass is 10.1. The number of rotatable bonds is 4. The number of ether oxygens (including phenoxy) is 1. The van der Waals surface area contributed by atoms with Crippen molar-refractivity contribution in [2.45, 2.75) is 0 Å². The van der Waals surface area contributed by atoms with Crippen LogP contribution in [0.3, 0.4) is 0 Å². The first-order valence-corrected chi connectivity index (χ1v) is 7.93. The third-order valence-corrected chi connectivity index (χ3v) is 4.23. The van der Waals surface area contributed by atoms with Crippen molar-refractivity contribution in [3.8, 4) is 0 Å². The molecule has 25 heavy (non-hydrogen) atoms. The van der Waals surface area contributed by atoms with Crippen LogP contribution in [0, 0.1) is 5.41 Å². The van der Waals surface area contributed by atoms with Gasteiger partial charge in [-0.05, 0) is 24.3 Å². The largest absolute Gasteiger partial charge is 0.451 e. The summed E-state index contributed by atoms with van der Waals surface area (Å²) in [6.45, 7) is 1.90. The predicted octanol–water partition coefficient (Wildman–Crippen LogP) is 0.648. The molecule has 3 N–H and O–H groups in total. The summed E-state index contributed by atoms with van der Waals surface area (Å²) in [6.07, 6.45) is 0. The van der Waals surface area contributed by atoms with Crippen molar-refractivity contribution in [1.82, 2.24) is 9.80 Å². The Morgan fingerprint density at radius 3 is 2.52 bits per heavy atom. The average molecular weight is 344 g/mol. The topological polar surface area (TPSA) is 113 Å². The number of furan rings is 1. The molecule has 0 atom stereocenters. The summed E-state index contributed by atoms with van der Waals surface area (Å²) in [5.41, 5.74) is 6.64. The van der Waals surface area contributed by atoms with Gasteiger partial charge in [-0.1, -0.05) is 0 Å². The number of amides is 2. The first-order valence-electron chi connectivity index (χ1n) is 7.93. The van der Waals surface area contributed by atoms with E-state index in [4.69, 9.17) is 20.3 Å². The number of nitrogen functional groups attached to an aromatic ring is 1. The van der Waals surface area contributed by atoms with Gasteiger partial charge in [0, 0.05) is 44.2 Å². The fraction of sp³-hybridized carbons (Fsp3) is 0.353. The molecule has 1 aliphatic rings. The van der Waals surface area contributed by atoms with Crippen LogP contribution in [-0.2, 0) is 9.53 Å². The van der Waals surface area contributed by atoms with Gasteiger partial charge in [-0.25, -0.2) is 0 Å². The summed E-state index contributed by atoms with van der Waals surface area (Å²) < 4.78 is 10.5. The Morgan fingerprint density at radius 2 is 1.88 bits per heavy atom. The molecule has 1 aliphatic heterocycles. The van der Waals surface area contributed by atoms with Gasteiger partial charge in [-0.3, -0.25) is 15.0 Å². The number of fused-ring (bicyclic) bond motifs is 1. The van der Waals surface area contributed by atoms with E-state index in [0.717, 1.165) is 5.39 Å². The summed E-state index contributed by atoms with van der Waals surface area (Å²) in [7, 11) is 1.48. The van der Waals surface area contributed by atoms with Gasteiger partial charge in [0.2, 0.25) is 5.91 Å². The van der Waals surface area contributed by atoms with Gasteiger partial charge < -0.3 is 24.7 Å². The van der Waals surface area contributed by atoms with Crippen LogP contribution < -0.4 is 5.73 Å². The number of carbonyl (C=O) groups is 2. The van der Waals surface area contributed by atoms with E-state index in [1.165, 1.54) is 7.11 Å². The number of amidine groups is 1. The molecule has 2 heterocycles. The second kappa shape index (κ2) is 6.94. The maximum Gasteiger partial charge on any atom is 0.289 e. The lowest BCUT2D eigenvalue weighted by molar-refractivity contribution is -0.136. The molecule has 0 saturated carbocycles. The molecule has 0 spiro atoms. The molecule has 0 radical (unpaired) electrons. The standard InChI is InChI=1S/C17H20N4O4/c1-24-10-15(22)20-4-6-21(7-5-20)17(23)14-9-12-8-11(16(18)19)2-3-13(12)25-14/h2-3,8-9H,4-7,10H2,1H3,(H3,18,19). The minimum Gasteiger partial charge on any atom is -0.451 e. The second-order valence-electron chi connectivity index (χ2n) is 5.88. The van der Waals surface area contributed by atoms with Crippen molar-refractivity contribution in [3.63, 3.8) is 0 Å². The van der Waals surface area contributed by atoms with Crippen LogP contribution >= 0.6 is 0 Å². The van der Waals surface area contributed by atoms with E-state index in [2.05, 4.69) is 0 Å². The van der Waals surface area contributed by atoms with E-state index >= 15 is 0 Å². The zero-order chi connectivity index (χ0) is 18.0. The summed E-state index contributed by atoms with van der Waals surface area (Å²) in [5, 5.41) is 8.20. The number of nitrogens with two attached hydrogens (primary N) is 1. The monoisotopic (exact) mass is 344 g/mol. The number of nitrogens with zero attached hydrogens (tertiary/aromatic N) is 2. The van der Waals surface area contributed by atoms with Crippen LogP contribution in [0.1, 0.15) is 16.1 Å². The second-order valence-corrected chi connectivity index (χ2v) is 5.88. The predicted molar refractivity (Wildman–Crippen MR) is 91.6 cm³/mol. The van der Waals surface area contributed by atoms with Gasteiger partial charge in [0.25, 0.3) is 5.91 Å². The van der Waals surface area contributed by atoms with Crippen LogP contribution in [-0.4, -0.2) is 67.3 Å². The molecule has 1 aromatic heterocycles. The summed E-state index contributed by atoms with van der Waals surface area (Å²) in [5.74, 6) is -0.0743. The highest BCUT2D eigenvalue weighted by Gasteiger charge is 2.26. The van der Waals surface area contributed by atoms with Crippen LogP contribution in [0.25, 0.3) is 11.0 Å². The zero-order valence-corrected chi connectivity index (χ0v) is 13.9. The van der Waals surface area contributed by atoms with Crippen LogP contribution in [0.15, 0.2) is 28.7 Å². The number of hydrogen-bond donors (Lipinski definition) is 2. The van der Waals surface area contributed by atoms with E-state index in [0.29, 0.717) is 37.3 Å². The Balaban J connectivity index is 1.70. The minimum absolute atomic E-state index is 0.0344. The molecule has 3 rings (SSSR count). The molecule has 0 bridgehead atoms. The highest BCUT2D eigenvalue weighted by molar-refractivity contribution is 6.00. The molecule has 8 heteroatoms. The Labute approximate surface area is 144 Å². The number of benzene rings is 1. The van der Waals surface area contributed by atoms with Gasteiger partial charge in [-0.2, -0.15) is 0 Å². The van der Waals surface area contributed by atoms with Crippen molar-refractivity contribution in [2.75, 3.05) is 39.9 Å². The molecule has 1 saturated heterocycles. The first-order chi connectivity index (χ1) is 12.0. The molecule has 0 unspecified atom stereocenters. The number of piperazine rings is 1. The minimum atomic E-state index is -0.209. The number of hydrogen-bond acceptors (Lipinski definition) is 5. The maximum atomic E-state index is 12.6. The van der Waals surface area contributed by atoms with Crippen LogP contribution in [0.2, 0.25) is 0 Å². The molecule has 8 nitrogen and oxygen atoms in total. The molecule has 2 amide bonds. The molecule has 1 aromatic carbocycles. The fourth-order valence-corrected chi connectivity index (χ4v) is 2.85. The highest BCUT2D eigenvalue weighted by Crippen LogP contribution is 2.22. The lowest BCUT2D eigenvalue weighted by Crippen LogP contribution is -2.51. The SMILES string of the molecule is COCC(=O)N1CCN(C(=O)c2cc3cc(C(=N)N)ccc3o2)CC1. The van der Waals surface area contributed by atoms with E-state index in [-0.39, 0.29) is 30.0 Å². The maximum absolute atomic E-state index is 12.6. The average Bonchev–Trinajstić information content (AvgIpc) is 3.04. The van der Waals surface area contributed by atoms with Crippen LogP contribution in [0.4, 0.5) is 0 Å². The van der Waals surface area contributed by atoms with E-state index < -0.39 is 0 Å². The Hall–Kier alpha value is -2.87. The fourth-order valence-electron chi connectivity index (χ4n) is 2.85. The summed E-state index contributed by atoms with van der Waals surface area (Å²) in [4.78, 5) is 27.8. The number of nitrogens with one attached hydrogen (secondary N) is 1. The number of methoxy groups -OCH3 is 1. The van der Waals surface area contributed by atoms with Crippen molar-refractivity contribution >= 4 is 28.6 Å². The van der Waals surface area contributed by atoms with Crippen molar-refractivity contribution in [1.29, 1.82) is 5.41 Å². The molecular weight excluding hydrogens is 324 g/mol. The summed E-state index contributed by atoms with van der Waals surface area (Å²) >= 11 is 0. The highest BCUT2D eigenvalue weighted by atomic mass is 16.5. The third kappa shape index (κ3) is 3.48. The van der Waals surface area contributed by atoms with Crippen molar-refractivity contribution in [3.05, 3.63) is 35.6 Å².